The Kier molecular flexibility index (Phi) is 2.30. The van der Waals surface area contributed by atoms with Gasteiger partial charge in [0.2, 0.25) is 0 Å². The maximum Gasteiger partial charge on any atom is 0.407 e. The molecular weight excluding hydrogens is 183 g/mol. The quantitative estimate of drug-likeness (QED) is 0.702. The van der Waals surface area contributed by atoms with E-state index in [-0.39, 0.29) is 11.1 Å². The van der Waals surface area contributed by atoms with Crippen LogP contribution in [0.3, 0.4) is 0 Å². The molecule has 0 bridgehead atoms. The maximum absolute atomic E-state index is 12.1. The molecule has 1 heterocycles. The number of aromatic amines is 1. The van der Waals surface area contributed by atoms with E-state index in [9.17, 15) is 13.2 Å². The highest BCUT2D eigenvalue weighted by Crippen LogP contribution is 2.31. The maximum atomic E-state index is 12.1. The van der Waals surface area contributed by atoms with Crippen LogP contribution in [-0.4, -0.2) is 11.2 Å². The predicted molar refractivity (Wildman–Crippen MR) is 38.5 cm³/mol. The first-order valence-electron chi connectivity index (χ1n) is 3.36. The van der Waals surface area contributed by atoms with E-state index in [4.69, 9.17) is 11.0 Å². The van der Waals surface area contributed by atoms with E-state index in [0.717, 1.165) is 6.20 Å². The Bertz CT molecular complexity index is 333. The molecule has 0 unspecified atom stereocenters. The average Bonchev–Trinajstić information content (AvgIpc) is 2.48. The first kappa shape index (κ1) is 9.61. The van der Waals surface area contributed by atoms with Gasteiger partial charge in [-0.3, -0.25) is 0 Å². The molecule has 0 aliphatic heterocycles. The smallest absolute Gasteiger partial charge is 0.366 e. The van der Waals surface area contributed by atoms with Crippen LogP contribution < -0.4 is 5.73 Å². The Morgan fingerprint density at radius 2 is 2.08 bits per heavy atom. The number of nitrogens with one attached hydrogen (secondary N) is 1. The predicted octanol–water partition coefficient (Wildman–Crippen LogP) is 1.45. The van der Waals surface area contributed by atoms with Crippen molar-refractivity contribution >= 4 is 0 Å². The van der Waals surface area contributed by atoms with Gasteiger partial charge in [0.1, 0.15) is 12.1 Å². The van der Waals surface area contributed by atoms with Crippen molar-refractivity contribution in [2.45, 2.75) is 12.2 Å². The summed E-state index contributed by atoms with van der Waals surface area (Å²) in [5.41, 5.74) is 4.59. The second kappa shape index (κ2) is 3.11. The van der Waals surface area contributed by atoms with Gasteiger partial charge in [-0.2, -0.15) is 18.4 Å². The van der Waals surface area contributed by atoms with Crippen molar-refractivity contribution < 1.29 is 13.2 Å². The molecule has 0 radical (unpaired) electrons. The topological polar surface area (TPSA) is 65.6 Å². The van der Waals surface area contributed by atoms with Gasteiger partial charge in [0.15, 0.2) is 0 Å². The molecule has 0 aliphatic carbocycles. The second-order valence-electron chi connectivity index (χ2n) is 2.46. The molecule has 0 aromatic carbocycles. The molecular formula is C7H6F3N3. The molecule has 0 saturated carbocycles. The molecule has 13 heavy (non-hydrogen) atoms. The number of hydrogen-bond donors (Lipinski definition) is 2. The summed E-state index contributed by atoms with van der Waals surface area (Å²) < 4.78 is 36.2. The van der Waals surface area contributed by atoms with E-state index in [1.54, 1.807) is 6.07 Å². The van der Waals surface area contributed by atoms with Gasteiger partial charge >= 0.3 is 6.18 Å². The van der Waals surface area contributed by atoms with Crippen molar-refractivity contribution in [1.29, 1.82) is 5.26 Å². The molecule has 0 saturated heterocycles. The molecule has 1 aromatic rings. The fourth-order valence-electron chi connectivity index (χ4n) is 0.906. The lowest BCUT2D eigenvalue weighted by Gasteiger charge is -2.14. The Balaban J connectivity index is 3.03. The van der Waals surface area contributed by atoms with Crippen LogP contribution in [0.1, 0.15) is 17.2 Å². The van der Waals surface area contributed by atoms with Crippen LogP contribution in [0.15, 0.2) is 12.4 Å². The minimum atomic E-state index is -4.52. The van der Waals surface area contributed by atoms with Crippen LogP contribution in [0.25, 0.3) is 0 Å². The van der Waals surface area contributed by atoms with E-state index in [2.05, 4.69) is 4.98 Å². The normalized spacial score (nSPS) is 13.8. The van der Waals surface area contributed by atoms with Gasteiger partial charge in [-0.1, -0.05) is 0 Å². The summed E-state index contributed by atoms with van der Waals surface area (Å²) >= 11 is 0. The van der Waals surface area contributed by atoms with Crippen LogP contribution >= 0.6 is 0 Å². The highest BCUT2D eigenvalue weighted by molar-refractivity contribution is 5.37. The highest BCUT2D eigenvalue weighted by atomic mass is 19.4. The van der Waals surface area contributed by atoms with Gasteiger partial charge in [0.25, 0.3) is 0 Å². The van der Waals surface area contributed by atoms with Crippen molar-refractivity contribution in [3.8, 4) is 6.07 Å². The molecule has 3 nitrogen and oxygen atoms in total. The fourth-order valence-corrected chi connectivity index (χ4v) is 0.906. The first-order valence-corrected chi connectivity index (χ1v) is 3.36. The molecule has 70 valence electrons. The van der Waals surface area contributed by atoms with E-state index in [1.807, 2.05) is 0 Å². The van der Waals surface area contributed by atoms with E-state index < -0.39 is 12.2 Å². The number of alkyl halides is 3. The molecule has 1 rings (SSSR count). The summed E-state index contributed by atoms with van der Waals surface area (Å²) in [7, 11) is 0. The molecule has 0 fully saturated rings. The van der Waals surface area contributed by atoms with Gasteiger partial charge in [-0.15, -0.1) is 0 Å². The van der Waals surface area contributed by atoms with Gasteiger partial charge in [-0.25, -0.2) is 0 Å². The number of aromatic nitrogens is 1. The Morgan fingerprint density at radius 3 is 2.54 bits per heavy atom. The zero-order chi connectivity index (χ0) is 10.1. The van der Waals surface area contributed by atoms with Crippen molar-refractivity contribution in [2.75, 3.05) is 0 Å². The van der Waals surface area contributed by atoms with Crippen LogP contribution in [0.4, 0.5) is 13.2 Å². The Hall–Kier alpha value is -1.48. The minimum absolute atomic E-state index is 0.0789. The average molecular weight is 189 g/mol. The zero-order valence-electron chi connectivity index (χ0n) is 6.39. The first-order chi connectivity index (χ1) is 5.96. The lowest BCUT2D eigenvalue weighted by Crippen LogP contribution is -2.28. The molecule has 0 spiro atoms. The lowest BCUT2D eigenvalue weighted by atomic mass is 10.1. The van der Waals surface area contributed by atoms with Crippen LogP contribution in [0, 0.1) is 11.3 Å². The monoisotopic (exact) mass is 189 g/mol. The number of halogens is 3. The SMILES string of the molecule is N#Cc1c[nH]cc1[C@H](N)C(F)(F)F. The zero-order valence-corrected chi connectivity index (χ0v) is 6.39. The molecule has 3 N–H and O–H groups in total. The third-order valence-electron chi connectivity index (χ3n) is 1.59. The van der Waals surface area contributed by atoms with E-state index >= 15 is 0 Å². The third-order valence-corrected chi connectivity index (χ3v) is 1.59. The van der Waals surface area contributed by atoms with Crippen molar-refractivity contribution in [2.24, 2.45) is 5.73 Å². The minimum Gasteiger partial charge on any atom is -0.366 e. The van der Waals surface area contributed by atoms with Gasteiger partial charge in [-0.05, 0) is 0 Å². The van der Waals surface area contributed by atoms with Crippen LogP contribution in [0.2, 0.25) is 0 Å². The second-order valence-corrected chi connectivity index (χ2v) is 2.46. The van der Waals surface area contributed by atoms with Gasteiger partial charge in [0, 0.05) is 18.0 Å². The molecule has 1 aromatic heterocycles. The molecule has 0 amide bonds. The summed E-state index contributed by atoms with van der Waals surface area (Å²) in [6.07, 6.45) is -2.26. The Morgan fingerprint density at radius 1 is 1.46 bits per heavy atom. The van der Waals surface area contributed by atoms with Crippen LogP contribution in [-0.2, 0) is 0 Å². The van der Waals surface area contributed by atoms with Crippen molar-refractivity contribution in [3.05, 3.63) is 23.5 Å². The summed E-state index contributed by atoms with van der Waals surface area (Å²) in [4.78, 5) is 2.40. The summed E-state index contributed by atoms with van der Waals surface area (Å²) in [5.74, 6) is 0. The van der Waals surface area contributed by atoms with E-state index in [0.29, 0.717) is 0 Å². The summed E-state index contributed by atoms with van der Waals surface area (Å²) in [5, 5.41) is 8.43. The number of nitriles is 1. The van der Waals surface area contributed by atoms with E-state index in [1.165, 1.54) is 6.20 Å². The third kappa shape index (κ3) is 1.81. The number of nitrogens with zero attached hydrogens (tertiary/aromatic N) is 1. The number of hydrogen-bond acceptors (Lipinski definition) is 2. The van der Waals surface area contributed by atoms with Crippen LogP contribution in [0.5, 0.6) is 0 Å². The molecule has 0 aliphatic rings. The largest absolute Gasteiger partial charge is 0.407 e. The van der Waals surface area contributed by atoms with Crippen molar-refractivity contribution in [1.82, 2.24) is 4.98 Å². The lowest BCUT2D eigenvalue weighted by molar-refractivity contribution is -0.149. The molecule has 6 heteroatoms. The van der Waals surface area contributed by atoms with Gasteiger partial charge < -0.3 is 10.7 Å². The number of nitrogens with two attached hydrogens (primary N) is 1. The summed E-state index contributed by atoms with van der Waals surface area (Å²) in [6.45, 7) is 0. The van der Waals surface area contributed by atoms with Crippen molar-refractivity contribution in [3.63, 3.8) is 0 Å². The fraction of sp³-hybridized carbons (Fsp3) is 0.286. The number of H-pyrrole nitrogens is 1. The number of rotatable bonds is 1. The highest BCUT2D eigenvalue weighted by Gasteiger charge is 2.39. The molecule has 1 atom stereocenters. The Labute approximate surface area is 72.0 Å². The van der Waals surface area contributed by atoms with Gasteiger partial charge in [0.05, 0.1) is 5.56 Å². The standard InChI is InChI=1S/C7H6F3N3/c8-7(9,10)6(12)5-3-13-2-4(5)1-11/h2-3,6,13H,12H2/t6-/m0/s1. The summed E-state index contributed by atoms with van der Waals surface area (Å²) in [6, 6.07) is -0.486.